The van der Waals surface area contributed by atoms with Crippen LogP contribution in [0.4, 0.5) is 9.59 Å². The van der Waals surface area contributed by atoms with Gasteiger partial charge in [0.1, 0.15) is 70.7 Å². The molecule has 134 heavy (non-hydrogen) atoms. The van der Waals surface area contributed by atoms with E-state index in [1.54, 1.807) is 23.9 Å². The van der Waals surface area contributed by atoms with E-state index in [2.05, 4.69) is 109 Å². The fraction of sp³-hybridized carbons (Fsp3) is 0.602. The number of likely N-dealkylation sites (N-methyl/N-ethyl adjacent to an activating group) is 2. The van der Waals surface area contributed by atoms with Crippen LogP contribution in [0.15, 0.2) is 86.4 Å². The monoisotopic (exact) mass is 1910 g/mol. The Balaban J connectivity index is 0.000000218. The number of benzene rings is 3. The quantitative estimate of drug-likeness (QED) is 0.0292. The van der Waals surface area contributed by atoms with Crippen LogP contribution in [0.5, 0.6) is 17.2 Å². The number of halogens is 1. The Morgan fingerprint density at radius 2 is 0.791 bits per heavy atom. The molecule has 0 aliphatic carbocycles. The third kappa shape index (κ3) is 31.7. The Labute approximate surface area is 802 Å². The molecule has 6 aromatic heterocycles. The standard InChI is InChI=1S/C38H58N4O6Si.C31H45ClN4O5Si.C28H37N3O4.C6H12O2/c1-25-32(17-16-28-18-20-44-21-19-28)39-35(40-34(25)33-26(2)41-47-27(33)3)29-14-13-15-30(22-29)45-24-31(48-49(11,12)38(7,8)9)23-42(10)36(43)46-37(4,5)6;1-19-26(25-20(2)35-40-21(25)3)33-28(34-27(19)32)22-14-13-15-23(16-22)38-18-24(41-42(11,12)31(7,8)9)17-36(10)29(37)39-30(4,5)6;1-5-7-23(32)17-34-24-9-6-8-22(16-24)28-29-25(11-10-21-12-14-33-15-13-21)18(2)27(30-28)26-19(3)31-35-20(26)4;7-5-6-1-3-8-4-2-6/h13-15,22,28,31H,16-21,23-24H2,1-12H3;13-16,24H,17-18H2,1-12H3;6,8-9,16,21,23,32H,5,7,10-15,17H2,1-4H3;6-7H,1-5H2. The Morgan fingerprint density at radius 1 is 0.470 bits per heavy atom. The molecule has 2 amide bonds. The maximum Gasteiger partial charge on any atom is 0.410 e. The number of aliphatic hydroxyl groups excluding tert-OH is 2. The molecule has 0 bridgehead atoms. The van der Waals surface area contributed by atoms with Crippen LogP contribution in [0.2, 0.25) is 41.4 Å². The molecule has 2 N–H and O–H groups in total. The van der Waals surface area contributed by atoms with Crippen molar-refractivity contribution in [2.24, 2.45) is 17.8 Å². The number of amides is 2. The Kier molecular flexibility index (Phi) is 39.5. The second-order valence-corrected chi connectivity index (χ2v) is 50.8. The molecule has 28 nitrogen and oxygen atoms in total. The van der Waals surface area contributed by atoms with Crippen LogP contribution in [0, 0.1) is 80.1 Å². The summed E-state index contributed by atoms with van der Waals surface area (Å²) in [6.45, 7) is 59.5. The second kappa shape index (κ2) is 48.8. The largest absolute Gasteiger partial charge is 0.491 e. The summed E-state index contributed by atoms with van der Waals surface area (Å²) in [6.07, 6.45) is 9.98. The second-order valence-electron chi connectivity index (χ2n) is 41.0. The van der Waals surface area contributed by atoms with E-state index in [1.165, 1.54) is 0 Å². The van der Waals surface area contributed by atoms with Crippen molar-refractivity contribution in [3.05, 3.63) is 140 Å². The first-order valence-corrected chi connectivity index (χ1v) is 53.8. The lowest BCUT2D eigenvalue weighted by molar-refractivity contribution is 0.0166. The highest BCUT2D eigenvalue weighted by Gasteiger charge is 2.42. The van der Waals surface area contributed by atoms with Crippen molar-refractivity contribution < 1.29 is 80.1 Å². The van der Waals surface area contributed by atoms with Crippen LogP contribution in [0.1, 0.15) is 217 Å². The molecule has 3 aromatic carbocycles. The van der Waals surface area contributed by atoms with E-state index in [4.69, 9.17) is 102 Å². The van der Waals surface area contributed by atoms with E-state index in [9.17, 15) is 14.7 Å². The van der Waals surface area contributed by atoms with E-state index in [0.29, 0.717) is 88.8 Å². The van der Waals surface area contributed by atoms with Crippen LogP contribution in [0.3, 0.4) is 0 Å². The minimum Gasteiger partial charge on any atom is -0.491 e. The number of carbonyl (C=O) groups excluding carboxylic acids is 2. The third-order valence-electron chi connectivity index (χ3n) is 25.4. The summed E-state index contributed by atoms with van der Waals surface area (Å²) >= 11 is 6.56. The summed E-state index contributed by atoms with van der Waals surface area (Å²) in [5, 5.41) is 31.5. The van der Waals surface area contributed by atoms with Crippen molar-refractivity contribution in [1.29, 1.82) is 0 Å². The molecule has 3 unspecified atom stereocenters. The molecule has 9 heterocycles. The highest BCUT2D eigenvalue weighted by molar-refractivity contribution is 6.74. The van der Waals surface area contributed by atoms with Crippen molar-refractivity contribution in [3.8, 4) is 85.2 Å². The summed E-state index contributed by atoms with van der Waals surface area (Å²) in [4.78, 5) is 58.3. The van der Waals surface area contributed by atoms with Gasteiger partial charge in [-0.1, -0.05) is 118 Å². The van der Waals surface area contributed by atoms with Gasteiger partial charge in [-0.25, -0.2) is 39.5 Å². The zero-order valence-corrected chi connectivity index (χ0v) is 87.9. The highest BCUT2D eigenvalue weighted by atomic mass is 35.5. The minimum atomic E-state index is -2.19. The van der Waals surface area contributed by atoms with E-state index in [1.807, 2.05) is 163 Å². The molecule has 0 spiro atoms. The summed E-state index contributed by atoms with van der Waals surface area (Å²) in [5.74, 6) is 7.71. The Morgan fingerprint density at radius 3 is 1.09 bits per heavy atom. The molecule has 3 aliphatic rings. The van der Waals surface area contributed by atoms with Crippen molar-refractivity contribution in [1.82, 2.24) is 55.2 Å². The molecule has 3 atom stereocenters. The van der Waals surface area contributed by atoms with Gasteiger partial charge in [-0.2, -0.15) is 0 Å². The molecule has 0 saturated carbocycles. The lowest BCUT2D eigenvalue weighted by Crippen LogP contribution is -2.49. The molecule has 9 aromatic rings. The lowest BCUT2D eigenvalue weighted by atomic mass is 9.92. The lowest BCUT2D eigenvalue weighted by Gasteiger charge is -2.40. The number of nitrogens with zero attached hydrogens (tertiary/aromatic N) is 11. The van der Waals surface area contributed by atoms with Gasteiger partial charge in [0.05, 0.1) is 82.3 Å². The summed E-state index contributed by atoms with van der Waals surface area (Å²) in [6, 6.07) is 23.2. The molecule has 0 radical (unpaired) electrons. The maximum absolute atomic E-state index is 12.9. The predicted molar refractivity (Wildman–Crippen MR) is 530 cm³/mol. The van der Waals surface area contributed by atoms with Crippen LogP contribution in [0.25, 0.3) is 67.9 Å². The summed E-state index contributed by atoms with van der Waals surface area (Å²) in [7, 11) is -0.918. The topological polar surface area (TPSA) is 329 Å². The number of aryl methyl sites for hydroxylation is 8. The van der Waals surface area contributed by atoms with Gasteiger partial charge in [0.2, 0.25) is 0 Å². The first kappa shape index (κ1) is 109. The van der Waals surface area contributed by atoms with Gasteiger partial charge in [-0.3, -0.25) is 0 Å². The van der Waals surface area contributed by atoms with Crippen LogP contribution in [-0.2, 0) is 45.4 Å². The van der Waals surface area contributed by atoms with Gasteiger partial charge in [-0.15, -0.1) is 0 Å². The average molecular weight is 1910 g/mol. The van der Waals surface area contributed by atoms with Gasteiger partial charge in [0, 0.05) is 94.0 Å². The normalized spacial score (nSPS) is 15.1. The first-order valence-electron chi connectivity index (χ1n) is 47.6. The van der Waals surface area contributed by atoms with Crippen molar-refractivity contribution >= 4 is 40.4 Å². The van der Waals surface area contributed by atoms with Crippen LogP contribution < -0.4 is 14.2 Å². The minimum absolute atomic E-state index is 0.0141. The van der Waals surface area contributed by atoms with E-state index in [0.717, 1.165) is 218 Å². The highest BCUT2D eigenvalue weighted by Crippen LogP contribution is 2.42. The smallest absolute Gasteiger partial charge is 0.410 e. The summed E-state index contributed by atoms with van der Waals surface area (Å²) in [5.41, 5.74) is 13.7. The predicted octanol–water partition coefficient (Wildman–Crippen LogP) is 22.8. The molecule has 12 rings (SSSR count). The van der Waals surface area contributed by atoms with Crippen molar-refractivity contribution in [3.63, 3.8) is 0 Å². The van der Waals surface area contributed by atoms with Crippen LogP contribution >= 0.6 is 11.6 Å². The molecular weight excluding hydrogens is 1750 g/mol. The van der Waals surface area contributed by atoms with E-state index >= 15 is 0 Å². The maximum atomic E-state index is 12.9. The number of ether oxygens (including phenoxy) is 8. The van der Waals surface area contributed by atoms with Gasteiger partial charge < -0.3 is 80.3 Å². The van der Waals surface area contributed by atoms with Gasteiger partial charge in [0.25, 0.3) is 0 Å². The zero-order valence-electron chi connectivity index (χ0n) is 85.2. The molecule has 3 aliphatic heterocycles. The number of aromatic nitrogens is 9. The fourth-order valence-corrected chi connectivity index (χ4v) is 18.2. The summed E-state index contributed by atoms with van der Waals surface area (Å²) < 4.78 is 75.8. The Hall–Kier alpha value is -9.09. The Bertz CT molecular complexity index is 5210. The third-order valence-corrected chi connectivity index (χ3v) is 34.8. The van der Waals surface area contributed by atoms with Gasteiger partial charge in [0.15, 0.2) is 34.1 Å². The first-order chi connectivity index (χ1) is 63.0. The molecule has 736 valence electrons. The molecule has 3 fully saturated rings. The number of aliphatic hydroxyl groups is 2. The van der Waals surface area contributed by atoms with Crippen molar-refractivity contribution in [2.75, 3.05) is 93.3 Å². The van der Waals surface area contributed by atoms with E-state index in [-0.39, 0.29) is 42.1 Å². The van der Waals surface area contributed by atoms with Gasteiger partial charge in [-0.05, 0) is 276 Å². The number of carbonyl (C=O) groups is 2. The number of hydrogen-bond acceptors (Lipinski definition) is 26. The molecule has 31 heteroatoms. The molecule has 3 saturated heterocycles. The SMILES string of the molecule is CCCC(O)COc1cccc(-c2nc(CCC3CCOCC3)c(C)c(-c3c(C)noc3C)n2)c1.Cc1noc(C)c1-c1nc(-c2cccc(OCC(CN(C)C(=O)OC(C)(C)C)O[Si](C)(C)C(C)(C)C)c2)nc(CCC2CCOCC2)c1C.Cc1noc(C)c1-c1nc(-c2cccc(OCC(CN(C)C(=O)OC(C)(C)C)O[Si](C)(C)C(C)(C)C)c2)nc(Cl)c1C.OCC1CCOCC1. The average Bonchev–Trinajstić information content (AvgIpc) is 0.821. The van der Waals surface area contributed by atoms with Gasteiger partial charge >= 0.3 is 12.2 Å². The number of rotatable bonds is 32. The fourth-order valence-electron chi connectivity index (χ4n) is 15.4. The van der Waals surface area contributed by atoms with E-state index < -0.39 is 46.1 Å². The molecular formula is C103H152ClN11O17Si2. The zero-order chi connectivity index (χ0) is 98.4. The number of hydrogen-bond donors (Lipinski definition) is 2. The van der Waals surface area contributed by atoms with Crippen molar-refractivity contribution in [2.45, 2.75) is 295 Å². The van der Waals surface area contributed by atoms with Crippen LogP contribution in [-0.4, -0.2) is 217 Å².